The largest absolute Gasteiger partial charge is 0.481 e. The molecule has 3 atom stereocenters. The zero-order valence-corrected chi connectivity index (χ0v) is 12.2. The van der Waals surface area contributed by atoms with Gasteiger partial charge in [-0.25, -0.2) is 0 Å². The van der Waals surface area contributed by atoms with Crippen LogP contribution >= 0.6 is 0 Å². The van der Waals surface area contributed by atoms with E-state index in [2.05, 4.69) is 37.9 Å². The van der Waals surface area contributed by atoms with Crippen molar-refractivity contribution in [3.05, 3.63) is 0 Å². The van der Waals surface area contributed by atoms with E-state index in [-0.39, 0.29) is 12.0 Å². The lowest BCUT2D eigenvalue weighted by Crippen LogP contribution is -2.47. The van der Waals surface area contributed by atoms with Crippen LogP contribution in [0.5, 0.6) is 0 Å². The van der Waals surface area contributed by atoms with Crippen molar-refractivity contribution >= 4 is 5.97 Å². The molecule has 0 heterocycles. The Bertz CT molecular complexity index is 269. The Morgan fingerprint density at radius 3 is 2.39 bits per heavy atom. The van der Waals surface area contributed by atoms with Gasteiger partial charge in [-0.3, -0.25) is 4.79 Å². The minimum absolute atomic E-state index is 0.181. The van der Waals surface area contributed by atoms with E-state index in [0.29, 0.717) is 5.92 Å². The summed E-state index contributed by atoms with van der Waals surface area (Å²) in [5.41, 5.74) is 0. The van der Waals surface area contributed by atoms with Gasteiger partial charge in [0.05, 0.1) is 5.92 Å². The Hall–Kier alpha value is -0.610. The number of carboxylic acid groups (broad SMARTS) is 1. The fourth-order valence-electron chi connectivity index (χ4n) is 2.90. The number of carbonyl (C=O) groups is 1. The molecule has 106 valence electrons. The molecule has 1 aliphatic rings. The van der Waals surface area contributed by atoms with E-state index in [4.69, 9.17) is 0 Å². The van der Waals surface area contributed by atoms with Gasteiger partial charge < -0.3 is 14.9 Å². The van der Waals surface area contributed by atoms with Gasteiger partial charge in [0, 0.05) is 19.1 Å². The van der Waals surface area contributed by atoms with Crippen LogP contribution in [0.1, 0.15) is 32.6 Å². The lowest BCUT2D eigenvalue weighted by atomic mass is 9.76. The van der Waals surface area contributed by atoms with Crippen LogP contribution in [0.3, 0.4) is 0 Å². The van der Waals surface area contributed by atoms with Crippen molar-refractivity contribution in [2.75, 3.05) is 34.2 Å². The van der Waals surface area contributed by atoms with Crippen molar-refractivity contribution in [1.29, 1.82) is 0 Å². The highest BCUT2D eigenvalue weighted by molar-refractivity contribution is 5.71. The van der Waals surface area contributed by atoms with Gasteiger partial charge in [0.25, 0.3) is 0 Å². The fourth-order valence-corrected chi connectivity index (χ4v) is 2.90. The van der Waals surface area contributed by atoms with Crippen molar-refractivity contribution in [3.63, 3.8) is 0 Å². The Morgan fingerprint density at radius 1 is 1.22 bits per heavy atom. The number of aliphatic carboxylic acids is 1. The smallest absolute Gasteiger partial charge is 0.308 e. The van der Waals surface area contributed by atoms with Crippen LogP contribution in [0.2, 0.25) is 0 Å². The summed E-state index contributed by atoms with van der Waals surface area (Å²) in [6.07, 6.45) is 4.12. The second-order valence-corrected chi connectivity index (χ2v) is 5.88. The average Bonchev–Trinajstić information content (AvgIpc) is 2.34. The number of hydrogen-bond acceptors (Lipinski definition) is 3. The third-order valence-corrected chi connectivity index (χ3v) is 4.29. The standard InChI is InChI=1S/C14H28N2O2/c1-5-11-6-7-12(14(17)18)13(10-11)16(4)9-8-15(2)3/h11-13H,5-10H2,1-4H3,(H,17,18). The molecular formula is C14H28N2O2. The minimum Gasteiger partial charge on any atom is -0.481 e. The lowest BCUT2D eigenvalue weighted by molar-refractivity contribution is -0.146. The Morgan fingerprint density at radius 2 is 1.89 bits per heavy atom. The third kappa shape index (κ3) is 4.25. The molecule has 0 amide bonds. The van der Waals surface area contributed by atoms with Crippen molar-refractivity contribution in [3.8, 4) is 0 Å². The molecule has 3 unspecified atom stereocenters. The first-order valence-corrected chi connectivity index (χ1v) is 7.03. The van der Waals surface area contributed by atoms with Gasteiger partial charge in [0.1, 0.15) is 0 Å². The second-order valence-electron chi connectivity index (χ2n) is 5.88. The quantitative estimate of drug-likeness (QED) is 0.786. The number of nitrogens with zero attached hydrogens (tertiary/aromatic N) is 2. The number of hydrogen-bond donors (Lipinski definition) is 1. The average molecular weight is 256 g/mol. The molecule has 1 rings (SSSR count). The second kappa shape index (κ2) is 7.10. The summed E-state index contributed by atoms with van der Waals surface area (Å²) in [5, 5.41) is 9.36. The first-order chi connectivity index (χ1) is 8.45. The maximum Gasteiger partial charge on any atom is 0.308 e. The number of carboxylic acids is 1. The van der Waals surface area contributed by atoms with Crippen LogP contribution in [-0.2, 0) is 4.79 Å². The molecule has 0 aromatic carbocycles. The molecule has 4 heteroatoms. The molecule has 0 bridgehead atoms. The van der Waals surface area contributed by atoms with Crippen LogP contribution in [-0.4, -0.2) is 61.2 Å². The summed E-state index contributed by atoms with van der Waals surface area (Å²) in [5.74, 6) is -0.0985. The van der Waals surface area contributed by atoms with Crippen molar-refractivity contribution < 1.29 is 9.90 Å². The number of rotatable bonds is 6. The molecule has 0 spiro atoms. The molecule has 1 fully saturated rings. The zero-order chi connectivity index (χ0) is 13.7. The van der Waals surface area contributed by atoms with E-state index >= 15 is 0 Å². The van der Waals surface area contributed by atoms with Crippen molar-refractivity contribution in [2.45, 2.75) is 38.6 Å². The molecule has 0 aliphatic heterocycles. The predicted molar refractivity (Wildman–Crippen MR) is 73.7 cm³/mol. The van der Waals surface area contributed by atoms with E-state index in [1.54, 1.807) is 0 Å². The van der Waals surface area contributed by atoms with Crippen molar-refractivity contribution in [2.24, 2.45) is 11.8 Å². The van der Waals surface area contributed by atoms with E-state index in [1.807, 2.05) is 0 Å². The molecule has 1 saturated carbocycles. The Kier molecular flexibility index (Phi) is 6.09. The highest BCUT2D eigenvalue weighted by Gasteiger charge is 2.36. The van der Waals surface area contributed by atoms with Crippen LogP contribution in [0, 0.1) is 11.8 Å². The lowest BCUT2D eigenvalue weighted by Gasteiger charge is -2.39. The van der Waals surface area contributed by atoms with Crippen LogP contribution in [0.4, 0.5) is 0 Å². The van der Waals surface area contributed by atoms with Gasteiger partial charge in [-0.1, -0.05) is 13.3 Å². The summed E-state index contributed by atoms with van der Waals surface area (Å²) < 4.78 is 0. The summed E-state index contributed by atoms with van der Waals surface area (Å²) in [6.45, 7) is 4.14. The molecule has 4 nitrogen and oxygen atoms in total. The Balaban J connectivity index is 2.62. The maximum absolute atomic E-state index is 11.4. The first-order valence-electron chi connectivity index (χ1n) is 7.03. The van der Waals surface area contributed by atoms with Crippen molar-refractivity contribution in [1.82, 2.24) is 9.80 Å². The van der Waals surface area contributed by atoms with E-state index in [0.717, 1.165) is 32.4 Å². The number of likely N-dealkylation sites (N-methyl/N-ethyl adjacent to an activating group) is 2. The molecule has 18 heavy (non-hydrogen) atoms. The monoisotopic (exact) mass is 256 g/mol. The highest BCUT2D eigenvalue weighted by Crippen LogP contribution is 2.33. The predicted octanol–water partition coefficient (Wildman–Crippen LogP) is 1.76. The summed E-state index contributed by atoms with van der Waals surface area (Å²) in [4.78, 5) is 15.8. The minimum atomic E-state index is -0.619. The summed E-state index contributed by atoms with van der Waals surface area (Å²) in [6, 6.07) is 0.209. The van der Waals surface area contributed by atoms with Crippen LogP contribution < -0.4 is 0 Å². The summed E-state index contributed by atoms with van der Waals surface area (Å²) in [7, 11) is 6.18. The molecular weight excluding hydrogens is 228 g/mol. The normalized spacial score (nSPS) is 28.9. The zero-order valence-electron chi connectivity index (χ0n) is 12.2. The molecule has 1 N–H and O–H groups in total. The van der Waals surface area contributed by atoms with Gasteiger partial charge >= 0.3 is 5.97 Å². The summed E-state index contributed by atoms with van der Waals surface area (Å²) >= 11 is 0. The molecule has 0 aromatic rings. The van der Waals surface area contributed by atoms with E-state index in [9.17, 15) is 9.90 Å². The van der Waals surface area contributed by atoms with Gasteiger partial charge in [0.2, 0.25) is 0 Å². The SMILES string of the molecule is CCC1CCC(C(=O)O)C(N(C)CCN(C)C)C1. The topological polar surface area (TPSA) is 43.8 Å². The van der Waals surface area contributed by atoms with Gasteiger partial charge in [-0.2, -0.15) is 0 Å². The van der Waals surface area contributed by atoms with Crippen LogP contribution in [0.15, 0.2) is 0 Å². The molecule has 0 saturated heterocycles. The van der Waals surface area contributed by atoms with Gasteiger partial charge in [-0.15, -0.1) is 0 Å². The van der Waals surface area contributed by atoms with Crippen LogP contribution in [0.25, 0.3) is 0 Å². The third-order valence-electron chi connectivity index (χ3n) is 4.29. The maximum atomic E-state index is 11.4. The highest BCUT2D eigenvalue weighted by atomic mass is 16.4. The van der Waals surface area contributed by atoms with E-state index < -0.39 is 5.97 Å². The molecule has 0 radical (unpaired) electrons. The van der Waals surface area contributed by atoms with E-state index in [1.165, 1.54) is 6.42 Å². The fraction of sp³-hybridized carbons (Fsp3) is 0.929. The molecule has 1 aliphatic carbocycles. The first kappa shape index (κ1) is 15.4. The Labute approximate surface area is 111 Å². The molecule has 0 aromatic heterocycles. The van der Waals surface area contributed by atoms with Gasteiger partial charge in [0.15, 0.2) is 0 Å². The van der Waals surface area contributed by atoms with Gasteiger partial charge in [-0.05, 0) is 46.3 Å².